The highest BCUT2D eigenvalue weighted by atomic mass is 16.5. The van der Waals surface area contributed by atoms with Crippen LogP contribution in [-0.4, -0.2) is 54.5 Å². The average molecular weight is 468 g/mol. The Balaban J connectivity index is 2.10. The molecule has 0 aromatic heterocycles. The second-order valence-corrected chi connectivity index (χ2v) is 8.38. The number of methoxy groups -OCH3 is 1. The van der Waals surface area contributed by atoms with E-state index < -0.39 is 23.7 Å². The molecule has 34 heavy (non-hydrogen) atoms. The largest absolute Gasteiger partial charge is 0.507 e. The Bertz CT molecular complexity index is 1110. The fourth-order valence-corrected chi connectivity index (χ4v) is 3.71. The van der Waals surface area contributed by atoms with Crippen molar-refractivity contribution in [1.82, 2.24) is 4.90 Å². The van der Waals surface area contributed by atoms with E-state index in [1.807, 2.05) is 13.8 Å². The van der Waals surface area contributed by atoms with E-state index in [2.05, 4.69) is 0 Å². The molecule has 1 aliphatic rings. The van der Waals surface area contributed by atoms with E-state index in [1.54, 1.807) is 48.5 Å². The Labute approximate surface area is 198 Å². The van der Waals surface area contributed by atoms with Crippen LogP contribution >= 0.6 is 0 Å². The zero-order valence-electron chi connectivity index (χ0n) is 19.7. The summed E-state index contributed by atoms with van der Waals surface area (Å²) in [7, 11) is 1.50. The van der Waals surface area contributed by atoms with Crippen LogP contribution in [0.2, 0.25) is 0 Å². The third-order valence-electron chi connectivity index (χ3n) is 5.20. The van der Waals surface area contributed by atoms with Gasteiger partial charge >= 0.3 is 5.97 Å². The molecule has 0 bridgehead atoms. The number of ether oxygens (including phenoxy) is 3. The fraction of sp³-hybridized carbons (Fsp3) is 0.346. The quantitative estimate of drug-likeness (QED) is 0.197. The molecule has 0 saturated carbocycles. The minimum Gasteiger partial charge on any atom is -0.507 e. The summed E-state index contributed by atoms with van der Waals surface area (Å²) in [4.78, 5) is 38.8. The van der Waals surface area contributed by atoms with Crippen LogP contribution in [0.1, 0.15) is 37.9 Å². The number of likely N-dealkylation sites (tertiary alicyclic amines) is 1. The molecule has 8 heteroatoms. The minimum atomic E-state index is -0.883. The van der Waals surface area contributed by atoms with E-state index in [0.717, 1.165) is 0 Å². The highest BCUT2D eigenvalue weighted by molar-refractivity contribution is 6.46. The highest BCUT2D eigenvalue weighted by Gasteiger charge is 2.46. The SMILES string of the molecule is COCCN1C(=O)C(=O)/C(=C(\O)c2cccc(OCC(C)C)c2)C1c1cccc(OC(C)=O)c1. The van der Waals surface area contributed by atoms with Crippen molar-refractivity contribution in [3.8, 4) is 11.5 Å². The summed E-state index contributed by atoms with van der Waals surface area (Å²) in [6, 6.07) is 12.4. The molecule has 1 saturated heterocycles. The van der Waals surface area contributed by atoms with Crippen molar-refractivity contribution in [3.63, 3.8) is 0 Å². The lowest BCUT2D eigenvalue weighted by molar-refractivity contribution is -0.140. The van der Waals surface area contributed by atoms with E-state index in [4.69, 9.17) is 14.2 Å². The predicted octanol–water partition coefficient (Wildman–Crippen LogP) is 3.71. The van der Waals surface area contributed by atoms with Gasteiger partial charge in [0.05, 0.1) is 24.8 Å². The average Bonchev–Trinajstić information content (AvgIpc) is 3.05. The molecule has 1 heterocycles. The van der Waals surface area contributed by atoms with Crippen LogP contribution in [0.5, 0.6) is 11.5 Å². The minimum absolute atomic E-state index is 0.0536. The summed E-state index contributed by atoms with van der Waals surface area (Å²) in [5, 5.41) is 11.2. The number of ketones is 1. The number of hydrogen-bond acceptors (Lipinski definition) is 7. The maximum Gasteiger partial charge on any atom is 0.308 e. The Morgan fingerprint density at radius 2 is 1.79 bits per heavy atom. The summed E-state index contributed by atoms with van der Waals surface area (Å²) in [5.41, 5.74) is 0.817. The number of esters is 1. The first-order chi connectivity index (χ1) is 16.2. The topological polar surface area (TPSA) is 102 Å². The third kappa shape index (κ3) is 5.63. The zero-order chi connectivity index (χ0) is 24.8. The van der Waals surface area contributed by atoms with Gasteiger partial charge in [0.1, 0.15) is 17.3 Å². The molecule has 2 aromatic rings. The molecule has 1 amide bonds. The van der Waals surface area contributed by atoms with Crippen molar-refractivity contribution in [2.75, 3.05) is 26.9 Å². The van der Waals surface area contributed by atoms with Gasteiger partial charge in [0.2, 0.25) is 0 Å². The Hall–Kier alpha value is -3.65. The van der Waals surface area contributed by atoms with Gasteiger partial charge in [-0.2, -0.15) is 0 Å². The summed E-state index contributed by atoms with van der Waals surface area (Å²) in [5.74, 6) is -1.22. The van der Waals surface area contributed by atoms with Crippen LogP contribution in [0, 0.1) is 5.92 Å². The Morgan fingerprint density at radius 1 is 1.09 bits per heavy atom. The number of benzene rings is 2. The summed E-state index contributed by atoms with van der Waals surface area (Å²) in [6.45, 7) is 6.16. The van der Waals surface area contributed by atoms with Gasteiger partial charge < -0.3 is 24.2 Å². The van der Waals surface area contributed by atoms with Gasteiger partial charge in [-0.15, -0.1) is 0 Å². The maximum absolute atomic E-state index is 13.1. The number of rotatable bonds is 9. The van der Waals surface area contributed by atoms with Crippen molar-refractivity contribution in [1.29, 1.82) is 0 Å². The number of Topliss-reactive ketones (excluding diaryl/α,β-unsaturated/α-hetero) is 1. The van der Waals surface area contributed by atoms with E-state index in [9.17, 15) is 19.5 Å². The first-order valence-electron chi connectivity index (χ1n) is 11.0. The molecule has 180 valence electrons. The first-order valence-corrected chi connectivity index (χ1v) is 11.0. The lowest BCUT2D eigenvalue weighted by Gasteiger charge is -2.25. The summed E-state index contributed by atoms with van der Waals surface area (Å²) < 4.78 is 16.0. The molecule has 1 aliphatic heterocycles. The van der Waals surface area contributed by atoms with E-state index in [1.165, 1.54) is 18.9 Å². The number of carbonyl (C=O) groups excluding carboxylic acids is 3. The summed E-state index contributed by atoms with van der Waals surface area (Å²) in [6.07, 6.45) is 0. The van der Waals surface area contributed by atoms with Crippen molar-refractivity contribution in [2.24, 2.45) is 5.92 Å². The first kappa shape index (κ1) is 25.0. The molecule has 0 spiro atoms. The van der Waals surface area contributed by atoms with Crippen molar-refractivity contribution in [3.05, 3.63) is 65.2 Å². The monoisotopic (exact) mass is 467 g/mol. The molecule has 0 aliphatic carbocycles. The molecule has 0 radical (unpaired) electrons. The predicted molar refractivity (Wildman–Crippen MR) is 125 cm³/mol. The van der Waals surface area contributed by atoms with Gasteiger partial charge in [0.15, 0.2) is 0 Å². The number of nitrogens with zero attached hydrogens (tertiary/aromatic N) is 1. The van der Waals surface area contributed by atoms with Crippen molar-refractivity contribution < 1.29 is 33.7 Å². The van der Waals surface area contributed by atoms with Gasteiger partial charge in [-0.1, -0.05) is 38.1 Å². The number of hydrogen-bond donors (Lipinski definition) is 1. The maximum atomic E-state index is 13.1. The van der Waals surface area contributed by atoms with Crippen molar-refractivity contribution in [2.45, 2.75) is 26.8 Å². The molecule has 8 nitrogen and oxygen atoms in total. The smallest absolute Gasteiger partial charge is 0.308 e. The lowest BCUT2D eigenvalue weighted by atomic mass is 9.95. The van der Waals surface area contributed by atoms with Crippen LogP contribution in [0.25, 0.3) is 5.76 Å². The Morgan fingerprint density at radius 3 is 2.47 bits per heavy atom. The highest BCUT2D eigenvalue weighted by Crippen LogP contribution is 2.40. The molecule has 1 unspecified atom stereocenters. The molecule has 1 fully saturated rings. The van der Waals surface area contributed by atoms with E-state index >= 15 is 0 Å². The molecule has 2 aromatic carbocycles. The van der Waals surface area contributed by atoms with Gasteiger partial charge in [-0.3, -0.25) is 14.4 Å². The molecular formula is C26H29NO7. The second kappa shape index (κ2) is 11.0. The standard InChI is InChI=1S/C26H29NO7/c1-16(2)15-33-20-9-6-8-19(14-20)24(29)22-23(27(11-12-32-4)26(31)25(22)30)18-7-5-10-21(13-18)34-17(3)28/h5-10,13-14,16,23,29H,11-12,15H2,1-4H3/b24-22-. The zero-order valence-corrected chi connectivity index (χ0v) is 19.7. The number of carbonyl (C=O) groups is 3. The van der Waals surface area contributed by atoms with E-state index in [0.29, 0.717) is 29.4 Å². The van der Waals surface area contributed by atoms with Crippen LogP contribution in [0.3, 0.4) is 0 Å². The van der Waals surface area contributed by atoms with Gasteiger partial charge in [0.25, 0.3) is 11.7 Å². The lowest BCUT2D eigenvalue weighted by Crippen LogP contribution is -2.32. The van der Waals surface area contributed by atoms with Crippen LogP contribution in [0.15, 0.2) is 54.1 Å². The molecule has 3 rings (SSSR count). The normalized spacial score (nSPS) is 17.3. The number of aliphatic hydroxyl groups excluding tert-OH is 1. The van der Waals surface area contributed by atoms with Crippen LogP contribution in [0.4, 0.5) is 0 Å². The van der Waals surface area contributed by atoms with Crippen molar-refractivity contribution >= 4 is 23.4 Å². The number of amides is 1. The Kier molecular flexibility index (Phi) is 8.07. The molecule has 1 N–H and O–H groups in total. The fourth-order valence-electron chi connectivity index (χ4n) is 3.71. The second-order valence-electron chi connectivity index (χ2n) is 8.38. The summed E-state index contributed by atoms with van der Waals surface area (Å²) >= 11 is 0. The van der Waals surface area contributed by atoms with Gasteiger partial charge in [-0.05, 0) is 35.7 Å². The van der Waals surface area contributed by atoms with E-state index in [-0.39, 0.29) is 30.2 Å². The van der Waals surface area contributed by atoms with Crippen LogP contribution in [-0.2, 0) is 19.1 Å². The van der Waals surface area contributed by atoms with Gasteiger partial charge in [0, 0.05) is 26.1 Å². The molecule has 1 atom stereocenters. The van der Waals surface area contributed by atoms with Crippen LogP contribution < -0.4 is 9.47 Å². The molecular weight excluding hydrogens is 438 g/mol. The third-order valence-corrected chi connectivity index (χ3v) is 5.20. The van der Waals surface area contributed by atoms with Gasteiger partial charge in [-0.25, -0.2) is 0 Å². The number of aliphatic hydroxyl groups is 1.